The summed E-state index contributed by atoms with van der Waals surface area (Å²) < 4.78 is 37.4. The fourth-order valence-corrected chi connectivity index (χ4v) is 1.75. The third kappa shape index (κ3) is 3.31. The highest BCUT2D eigenvalue weighted by Crippen LogP contribution is 2.29. The predicted molar refractivity (Wildman–Crippen MR) is 76.5 cm³/mol. The maximum Gasteiger partial charge on any atom is 0.169 e. The molecule has 0 atom stereocenters. The van der Waals surface area contributed by atoms with Crippen LogP contribution in [-0.2, 0) is 0 Å². The fraction of sp³-hybridized carbons (Fsp3) is 0.214. The molecule has 0 radical (unpaired) electrons. The number of hydrogen-bond donors (Lipinski definition) is 2. The van der Waals surface area contributed by atoms with Gasteiger partial charge in [-0.2, -0.15) is 0 Å². The first-order valence-corrected chi connectivity index (χ1v) is 6.11. The van der Waals surface area contributed by atoms with Gasteiger partial charge in [-0.15, -0.1) is 0 Å². The van der Waals surface area contributed by atoms with Gasteiger partial charge in [0.2, 0.25) is 0 Å². The molecule has 0 spiro atoms. The van der Waals surface area contributed by atoms with Crippen LogP contribution < -0.4 is 20.1 Å². The summed E-state index contributed by atoms with van der Waals surface area (Å²) in [6, 6.07) is 5.73. The Balaban J connectivity index is 2.37. The van der Waals surface area contributed by atoms with Crippen molar-refractivity contribution < 1.29 is 18.3 Å². The molecule has 112 valence electrons. The first-order chi connectivity index (χ1) is 10.1. The summed E-state index contributed by atoms with van der Waals surface area (Å²) >= 11 is 0. The number of benzene rings is 1. The Hall–Kier alpha value is -2.57. The molecule has 0 bridgehead atoms. The number of halogens is 2. The van der Waals surface area contributed by atoms with E-state index in [0.29, 0.717) is 17.2 Å². The highest BCUT2D eigenvalue weighted by molar-refractivity contribution is 5.63. The van der Waals surface area contributed by atoms with Crippen LogP contribution >= 0.6 is 0 Å². The van der Waals surface area contributed by atoms with Gasteiger partial charge < -0.3 is 20.1 Å². The molecule has 0 aliphatic heterocycles. The van der Waals surface area contributed by atoms with E-state index < -0.39 is 11.6 Å². The van der Waals surface area contributed by atoms with E-state index in [2.05, 4.69) is 15.6 Å². The Kier molecular flexibility index (Phi) is 4.42. The Labute approximate surface area is 120 Å². The molecule has 0 aliphatic carbocycles. The van der Waals surface area contributed by atoms with E-state index in [1.54, 1.807) is 18.2 Å². The molecule has 0 unspecified atom stereocenters. The van der Waals surface area contributed by atoms with Crippen LogP contribution in [-0.4, -0.2) is 26.3 Å². The van der Waals surface area contributed by atoms with Crippen LogP contribution in [0.3, 0.4) is 0 Å². The maximum atomic E-state index is 13.8. The lowest BCUT2D eigenvalue weighted by Gasteiger charge is -2.12. The molecule has 1 aromatic heterocycles. The van der Waals surface area contributed by atoms with E-state index in [0.717, 1.165) is 6.07 Å². The second-order valence-corrected chi connectivity index (χ2v) is 4.13. The standard InChI is InChI=1S/C14H15F2N3O2/c1-17-13-11(15)7-12(16)14(19-13)18-8-4-9(20-2)6-10(5-8)21-3/h4-7H,1-3H3,(H2,17,18,19). The summed E-state index contributed by atoms with van der Waals surface area (Å²) in [7, 11) is 4.52. The number of anilines is 3. The lowest BCUT2D eigenvalue weighted by Crippen LogP contribution is -2.03. The molecule has 0 fully saturated rings. The monoisotopic (exact) mass is 295 g/mol. The molecule has 2 N–H and O–H groups in total. The van der Waals surface area contributed by atoms with E-state index >= 15 is 0 Å². The normalized spacial score (nSPS) is 10.1. The number of aromatic nitrogens is 1. The number of ether oxygens (including phenoxy) is 2. The second kappa shape index (κ2) is 6.25. The zero-order chi connectivity index (χ0) is 15.4. The third-order valence-corrected chi connectivity index (χ3v) is 2.78. The molecule has 5 nitrogen and oxygen atoms in total. The lowest BCUT2D eigenvalue weighted by molar-refractivity contribution is 0.395. The van der Waals surface area contributed by atoms with Crippen LogP contribution in [0, 0.1) is 11.6 Å². The van der Waals surface area contributed by atoms with Gasteiger partial charge in [-0.3, -0.25) is 0 Å². The van der Waals surface area contributed by atoms with Crippen LogP contribution in [0.4, 0.5) is 26.1 Å². The molecule has 7 heteroatoms. The molecular weight excluding hydrogens is 280 g/mol. The van der Waals surface area contributed by atoms with Gasteiger partial charge in [0.1, 0.15) is 11.5 Å². The molecule has 2 rings (SSSR count). The minimum Gasteiger partial charge on any atom is -0.497 e. The van der Waals surface area contributed by atoms with Gasteiger partial charge in [0, 0.05) is 37.0 Å². The number of rotatable bonds is 5. The van der Waals surface area contributed by atoms with Crippen molar-refractivity contribution in [2.75, 3.05) is 31.9 Å². The molecule has 0 aliphatic rings. The minimum absolute atomic E-state index is 0.0474. The van der Waals surface area contributed by atoms with E-state index in [-0.39, 0.29) is 11.6 Å². The van der Waals surface area contributed by atoms with Gasteiger partial charge in [0.25, 0.3) is 0 Å². The SMILES string of the molecule is CNc1nc(Nc2cc(OC)cc(OC)c2)c(F)cc1F. The largest absolute Gasteiger partial charge is 0.497 e. The average Bonchev–Trinajstić information content (AvgIpc) is 2.49. The molecule has 21 heavy (non-hydrogen) atoms. The van der Waals surface area contributed by atoms with Crippen LogP contribution in [0.5, 0.6) is 11.5 Å². The highest BCUT2D eigenvalue weighted by Gasteiger charge is 2.12. The smallest absolute Gasteiger partial charge is 0.169 e. The second-order valence-electron chi connectivity index (χ2n) is 4.13. The first kappa shape index (κ1) is 14.8. The summed E-state index contributed by atoms with van der Waals surface area (Å²) in [5.41, 5.74) is 0.506. The zero-order valence-electron chi connectivity index (χ0n) is 11.8. The number of nitrogens with one attached hydrogen (secondary N) is 2. The first-order valence-electron chi connectivity index (χ1n) is 6.11. The van der Waals surface area contributed by atoms with E-state index in [9.17, 15) is 8.78 Å². The summed E-state index contributed by atoms with van der Waals surface area (Å²) in [5, 5.41) is 5.32. The van der Waals surface area contributed by atoms with E-state index in [1.807, 2.05) is 0 Å². The Bertz CT molecular complexity index is 628. The highest BCUT2D eigenvalue weighted by atomic mass is 19.1. The van der Waals surface area contributed by atoms with Crippen molar-refractivity contribution in [2.24, 2.45) is 0 Å². The third-order valence-electron chi connectivity index (χ3n) is 2.78. The van der Waals surface area contributed by atoms with Gasteiger partial charge in [-0.25, -0.2) is 13.8 Å². The number of hydrogen-bond acceptors (Lipinski definition) is 5. The molecular formula is C14H15F2N3O2. The van der Waals surface area contributed by atoms with Crippen molar-refractivity contribution in [2.45, 2.75) is 0 Å². The molecule has 1 aromatic carbocycles. The van der Waals surface area contributed by atoms with E-state index in [4.69, 9.17) is 9.47 Å². The maximum absolute atomic E-state index is 13.8. The zero-order valence-corrected chi connectivity index (χ0v) is 11.8. The predicted octanol–water partition coefficient (Wildman–Crippen LogP) is 3.16. The topological polar surface area (TPSA) is 55.4 Å². The van der Waals surface area contributed by atoms with Crippen LogP contribution in [0.1, 0.15) is 0 Å². The lowest BCUT2D eigenvalue weighted by atomic mass is 10.2. The van der Waals surface area contributed by atoms with Crippen molar-refractivity contribution in [3.05, 3.63) is 35.9 Å². The van der Waals surface area contributed by atoms with Crippen molar-refractivity contribution in [1.29, 1.82) is 0 Å². The van der Waals surface area contributed by atoms with Gasteiger partial charge in [0.05, 0.1) is 14.2 Å². The van der Waals surface area contributed by atoms with Crippen molar-refractivity contribution in [1.82, 2.24) is 4.98 Å². The Morgan fingerprint density at radius 2 is 1.48 bits per heavy atom. The van der Waals surface area contributed by atoms with Crippen molar-refractivity contribution >= 4 is 17.3 Å². The van der Waals surface area contributed by atoms with Crippen molar-refractivity contribution in [3.8, 4) is 11.5 Å². The van der Waals surface area contributed by atoms with Crippen LogP contribution in [0.25, 0.3) is 0 Å². The Morgan fingerprint density at radius 3 is 2.00 bits per heavy atom. The molecule has 0 saturated carbocycles. The fourth-order valence-electron chi connectivity index (χ4n) is 1.75. The molecule has 0 amide bonds. The number of nitrogens with zero attached hydrogens (tertiary/aromatic N) is 1. The van der Waals surface area contributed by atoms with E-state index in [1.165, 1.54) is 21.3 Å². The average molecular weight is 295 g/mol. The van der Waals surface area contributed by atoms with Gasteiger partial charge in [0.15, 0.2) is 23.3 Å². The summed E-state index contributed by atoms with van der Waals surface area (Å²) in [6.45, 7) is 0. The number of pyridine rings is 1. The van der Waals surface area contributed by atoms with Gasteiger partial charge in [-0.1, -0.05) is 0 Å². The summed E-state index contributed by atoms with van der Waals surface area (Å²) in [6.07, 6.45) is 0. The van der Waals surface area contributed by atoms with Crippen LogP contribution in [0.2, 0.25) is 0 Å². The molecule has 0 saturated heterocycles. The van der Waals surface area contributed by atoms with Crippen LogP contribution in [0.15, 0.2) is 24.3 Å². The summed E-state index contributed by atoms with van der Waals surface area (Å²) in [5.74, 6) is -0.636. The number of methoxy groups -OCH3 is 2. The van der Waals surface area contributed by atoms with Crippen molar-refractivity contribution in [3.63, 3.8) is 0 Å². The minimum atomic E-state index is -0.798. The molecule has 2 aromatic rings. The Morgan fingerprint density at radius 1 is 0.905 bits per heavy atom. The summed E-state index contributed by atoms with van der Waals surface area (Å²) in [4.78, 5) is 3.84. The molecule has 1 heterocycles. The van der Waals surface area contributed by atoms with Gasteiger partial charge >= 0.3 is 0 Å². The van der Waals surface area contributed by atoms with Gasteiger partial charge in [-0.05, 0) is 0 Å². The quantitative estimate of drug-likeness (QED) is 0.887.